The van der Waals surface area contributed by atoms with Gasteiger partial charge in [-0.1, -0.05) is 18.2 Å². The Balaban J connectivity index is 1.54. The lowest BCUT2D eigenvalue weighted by Crippen LogP contribution is -2.21. The number of aliphatic imine (C=N–C) groups is 1. The number of furan rings is 1. The number of hydrogen-bond donors (Lipinski definition) is 0. The number of carbonyl (C=O) groups is 1. The van der Waals surface area contributed by atoms with Crippen LogP contribution in [0.15, 0.2) is 51.9 Å². The number of esters is 1. The van der Waals surface area contributed by atoms with Crippen LogP contribution in [0.5, 0.6) is 11.5 Å². The van der Waals surface area contributed by atoms with E-state index in [1.165, 1.54) is 0 Å². The maximum atomic E-state index is 12.7. The first-order valence-electron chi connectivity index (χ1n) is 9.63. The van der Waals surface area contributed by atoms with Gasteiger partial charge in [-0.05, 0) is 36.8 Å². The van der Waals surface area contributed by atoms with Gasteiger partial charge in [0.05, 0.1) is 12.5 Å². The summed E-state index contributed by atoms with van der Waals surface area (Å²) in [6.45, 7) is 2.76. The van der Waals surface area contributed by atoms with Gasteiger partial charge in [0.1, 0.15) is 29.8 Å². The monoisotopic (exact) mass is 393 g/mol. The number of nitrogens with zero attached hydrogens (tertiary/aromatic N) is 1. The van der Waals surface area contributed by atoms with Crippen molar-refractivity contribution >= 4 is 23.2 Å². The first kappa shape index (κ1) is 19.1. The summed E-state index contributed by atoms with van der Waals surface area (Å²) in [5, 5.41) is 0.809. The van der Waals surface area contributed by atoms with Gasteiger partial charge in [-0.2, -0.15) is 0 Å². The lowest BCUT2D eigenvalue weighted by Gasteiger charge is -2.19. The second kappa shape index (κ2) is 8.39. The summed E-state index contributed by atoms with van der Waals surface area (Å²) in [5.41, 5.74) is 2.17. The molecule has 150 valence electrons. The molecule has 3 aromatic rings. The summed E-state index contributed by atoms with van der Waals surface area (Å²) < 4.78 is 22.7. The fourth-order valence-electron chi connectivity index (χ4n) is 3.44. The highest BCUT2D eigenvalue weighted by Crippen LogP contribution is 2.34. The van der Waals surface area contributed by atoms with Crippen LogP contribution < -0.4 is 9.47 Å². The van der Waals surface area contributed by atoms with Crippen LogP contribution in [-0.4, -0.2) is 31.9 Å². The molecule has 1 atom stereocenters. The maximum Gasteiger partial charge on any atom is 0.374 e. The van der Waals surface area contributed by atoms with Gasteiger partial charge in [0.25, 0.3) is 0 Å². The first-order valence-corrected chi connectivity index (χ1v) is 9.63. The lowest BCUT2D eigenvalue weighted by molar-refractivity contribution is 0.0437. The number of carbonyl (C=O) groups excluding carboxylic acids is 1. The van der Waals surface area contributed by atoms with Crippen molar-refractivity contribution in [2.75, 3.05) is 13.7 Å². The normalized spacial score (nSPS) is 16.0. The van der Waals surface area contributed by atoms with Crippen LogP contribution in [0.2, 0.25) is 0 Å². The fraction of sp³-hybridized carbons (Fsp3) is 0.304. The number of aryl methyl sites for hydroxylation is 1. The van der Waals surface area contributed by atoms with Gasteiger partial charge in [0.2, 0.25) is 5.76 Å². The largest absolute Gasteiger partial charge is 0.497 e. The molecule has 29 heavy (non-hydrogen) atoms. The zero-order valence-corrected chi connectivity index (χ0v) is 16.5. The average molecular weight is 393 g/mol. The Morgan fingerprint density at radius 1 is 1.24 bits per heavy atom. The third-order valence-electron chi connectivity index (χ3n) is 4.98. The lowest BCUT2D eigenvalue weighted by atomic mass is 10.1. The van der Waals surface area contributed by atoms with Crippen molar-refractivity contribution in [2.24, 2.45) is 4.99 Å². The van der Waals surface area contributed by atoms with E-state index in [1.807, 2.05) is 55.6 Å². The Morgan fingerprint density at radius 3 is 2.90 bits per heavy atom. The van der Waals surface area contributed by atoms with Gasteiger partial charge in [0, 0.05) is 31.2 Å². The van der Waals surface area contributed by atoms with E-state index in [0.717, 1.165) is 41.6 Å². The number of rotatable bonds is 6. The highest BCUT2D eigenvalue weighted by atomic mass is 16.5. The fourth-order valence-corrected chi connectivity index (χ4v) is 3.44. The number of fused-ring (bicyclic) bond motifs is 1. The predicted octanol–water partition coefficient (Wildman–Crippen LogP) is 4.72. The third kappa shape index (κ3) is 4.11. The van der Waals surface area contributed by atoms with Crippen LogP contribution in [0.25, 0.3) is 11.0 Å². The molecule has 0 saturated heterocycles. The van der Waals surface area contributed by atoms with Crippen molar-refractivity contribution < 1.29 is 23.4 Å². The summed E-state index contributed by atoms with van der Waals surface area (Å²) in [6.07, 6.45) is 3.63. The average Bonchev–Trinajstić information content (AvgIpc) is 3.10. The zero-order chi connectivity index (χ0) is 20.2. The molecule has 0 fully saturated rings. The molecule has 0 unspecified atom stereocenters. The van der Waals surface area contributed by atoms with Crippen molar-refractivity contribution in [3.8, 4) is 11.5 Å². The molecule has 0 spiro atoms. The number of benzene rings is 2. The molecule has 1 aromatic heterocycles. The Kier molecular flexibility index (Phi) is 5.51. The molecule has 1 aliphatic rings. The van der Waals surface area contributed by atoms with Crippen molar-refractivity contribution in [2.45, 2.75) is 32.5 Å². The van der Waals surface area contributed by atoms with Crippen LogP contribution >= 0.6 is 0 Å². The van der Waals surface area contributed by atoms with E-state index in [2.05, 4.69) is 4.99 Å². The third-order valence-corrected chi connectivity index (χ3v) is 4.98. The van der Waals surface area contributed by atoms with Crippen LogP contribution in [0.1, 0.15) is 34.5 Å². The molecule has 6 nitrogen and oxygen atoms in total. The van der Waals surface area contributed by atoms with Gasteiger partial charge in [-0.3, -0.25) is 4.99 Å². The van der Waals surface area contributed by atoms with Crippen molar-refractivity contribution in [1.29, 1.82) is 0 Å². The molecular weight excluding hydrogens is 370 g/mol. The van der Waals surface area contributed by atoms with Crippen LogP contribution in [0.4, 0.5) is 0 Å². The standard InChI is InChI=1S/C23H23NO5/c1-15-21-19(28-17-9-11-24-12-10-17)7-4-8-20(21)29-22(15)23(25)27-14-16-5-3-6-18(13-16)26-2/h3-8,11,13,17H,9-10,12,14H2,1-2H3/t17-/m0/s1. The molecule has 0 radical (unpaired) electrons. The van der Waals surface area contributed by atoms with Crippen molar-refractivity contribution in [1.82, 2.24) is 0 Å². The Bertz CT molecular complexity index is 1050. The van der Waals surface area contributed by atoms with E-state index in [0.29, 0.717) is 11.3 Å². The van der Waals surface area contributed by atoms with Gasteiger partial charge < -0.3 is 18.6 Å². The number of ether oxygens (including phenoxy) is 3. The summed E-state index contributed by atoms with van der Waals surface area (Å²) >= 11 is 0. The molecule has 0 N–H and O–H groups in total. The highest BCUT2D eigenvalue weighted by Gasteiger charge is 2.23. The van der Waals surface area contributed by atoms with E-state index in [-0.39, 0.29) is 18.5 Å². The van der Waals surface area contributed by atoms with Gasteiger partial charge >= 0.3 is 5.97 Å². The second-order valence-corrected chi connectivity index (χ2v) is 6.97. The minimum Gasteiger partial charge on any atom is -0.497 e. The summed E-state index contributed by atoms with van der Waals surface area (Å²) in [6, 6.07) is 13.0. The van der Waals surface area contributed by atoms with Crippen molar-refractivity contribution in [3.05, 3.63) is 59.4 Å². The Hall–Kier alpha value is -3.28. The van der Waals surface area contributed by atoms with Crippen LogP contribution in [-0.2, 0) is 11.3 Å². The summed E-state index contributed by atoms with van der Waals surface area (Å²) in [7, 11) is 1.60. The number of methoxy groups -OCH3 is 1. The van der Waals surface area contributed by atoms with Crippen LogP contribution in [0.3, 0.4) is 0 Å². The zero-order valence-electron chi connectivity index (χ0n) is 16.5. The Morgan fingerprint density at radius 2 is 2.10 bits per heavy atom. The molecule has 2 heterocycles. The predicted molar refractivity (Wildman–Crippen MR) is 110 cm³/mol. The highest BCUT2D eigenvalue weighted by molar-refractivity contribution is 5.98. The Labute approximate surface area is 169 Å². The van der Waals surface area contributed by atoms with E-state index < -0.39 is 5.97 Å². The van der Waals surface area contributed by atoms with Crippen molar-refractivity contribution in [3.63, 3.8) is 0 Å². The van der Waals surface area contributed by atoms with E-state index in [9.17, 15) is 4.79 Å². The van der Waals surface area contributed by atoms with E-state index in [1.54, 1.807) is 7.11 Å². The molecule has 6 heteroatoms. The van der Waals surface area contributed by atoms with E-state index >= 15 is 0 Å². The molecule has 1 aliphatic heterocycles. The van der Waals surface area contributed by atoms with Gasteiger partial charge in [0.15, 0.2) is 0 Å². The number of hydrogen-bond acceptors (Lipinski definition) is 6. The quantitative estimate of drug-likeness (QED) is 0.567. The molecule has 0 saturated carbocycles. The molecule has 2 aromatic carbocycles. The second-order valence-electron chi connectivity index (χ2n) is 6.97. The smallest absolute Gasteiger partial charge is 0.374 e. The maximum absolute atomic E-state index is 12.7. The summed E-state index contributed by atoms with van der Waals surface area (Å²) in [5.74, 6) is 1.13. The molecule has 0 amide bonds. The van der Waals surface area contributed by atoms with E-state index in [4.69, 9.17) is 18.6 Å². The molecule has 0 bridgehead atoms. The minimum atomic E-state index is -0.503. The summed E-state index contributed by atoms with van der Waals surface area (Å²) in [4.78, 5) is 16.9. The topological polar surface area (TPSA) is 70.3 Å². The molecule has 4 rings (SSSR count). The SMILES string of the molecule is COc1cccc(COC(=O)c2oc3cccc(O[C@H]4CC=NCC4)c3c2C)c1. The first-order chi connectivity index (χ1) is 14.2. The van der Waals surface area contributed by atoms with Gasteiger partial charge in [-0.25, -0.2) is 4.79 Å². The minimum absolute atomic E-state index is 0.0795. The van der Waals surface area contributed by atoms with Gasteiger partial charge in [-0.15, -0.1) is 0 Å². The van der Waals surface area contributed by atoms with Crippen LogP contribution in [0, 0.1) is 6.92 Å². The molecule has 0 aliphatic carbocycles. The molecular formula is C23H23NO5.